The number of aromatic nitrogens is 1. The van der Waals surface area contributed by atoms with Gasteiger partial charge >= 0.3 is 5.97 Å². The van der Waals surface area contributed by atoms with Crippen LogP contribution >= 0.6 is 11.3 Å². The summed E-state index contributed by atoms with van der Waals surface area (Å²) in [5.41, 5.74) is 2.90. The van der Waals surface area contributed by atoms with E-state index in [0.717, 1.165) is 16.3 Å². The Morgan fingerprint density at radius 2 is 1.90 bits per heavy atom. The topological polar surface area (TPSA) is 77.5 Å². The number of aryl methyl sites for hydroxylation is 2. The van der Waals surface area contributed by atoms with Crippen molar-refractivity contribution in [1.82, 2.24) is 4.98 Å². The van der Waals surface area contributed by atoms with Crippen molar-refractivity contribution >= 4 is 28.9 Å². The Bertz CT molecular complexity index is 998. The standard InChI is InChI=1S/C22H22N2O4S/c1-14-5-4-6-18(11-14)24-21(25)15(2)28-22(26)17-7-9-20(10-8-17)27-12-19-13-29-16(3)23-19/h4-11,13,15H,12H2,1-3H3,(H,24,25)/t15-/m1/s1. The molecule has 29 heavy (non-hydrogen) atoms. The number of anilines is 1. The molecule has 3 aromatic rings. The first-order valence-electron chi connectivity index (χ1n) is 9.13. The van der Waals surface area contributed by atoms with Gasteiger partial charge in [0.25, 0.3) is 5.91 Å². The maximum Gasteiger partial charge on any atom is 0.338 e. The maximum atomic E-state index is 12.3. The Kier molecular flexibility index (Phi) is 6.61. The van der Waals surface area contributed by atoms with E-state index >= 15 is 0 Å². The molecule has 0 saturated heterocycles. The third kappa shape index (κ3) is 5.89. The van der Waals surface area contributed by atoms with Crippen LogP contribution in [0, 0.1) is 13.8 Å². The summed E-state index contributed by atoms with van der Waals surface area (Å²) in [5.74, 6) is -0.335. The summed E-state index contributed by atoms with van der Waals surface area (Å²) in [6.07, 6.45) is -0.924. The number of ether oxygens (including phenoxy) is 2. The van der Waals surface area contributed by atoms with Gasteiger partial charge in [-0.3, -0.25) is 4.79 Å². The first kappa shape index (κ1) is 20.5. The van der Waals surface area contributed by atoms with E-state index in [4.69, 9.17) is 9.47 Å². The van der Waals surface area contributed by atoms with Gasteiger partial charge in [0.15, 0.2) is 6.10 Å². The fraction of sp³-hybridized carbons (Fsp3) is 0.227. The maximum absolute atomic E-state index is 12.3. The second-order valence-electron chi connectivity index (χ2n) is 6.58. The Morgan fingerprint density at radius 1 is 1.14 bits per heavy atom. The summed E-state index contributed by atoms with van der Waals surface area (Å²) in [4.78, 5) is 28.9. The lowest BCUT2D eigenvalue weighted by Gasteiger charge is -2.14. The van der Waals surface area contributed by atoms with Crippen LogP contribution in [0.1, 0.15) is 33.5 Å². The second-order valence-corrected chi connectivity index (χ2v) is 7.64. The number of hydrogen-bond donors (Lipinski definition) is 1. The van der Waals surface area contributed by atoms with E-state index in [1.54, 1.807) is 41.7 Å². The predicted octanol–water partition coefficient (Wildman–Crippen LogP) is 4.52. The molecule has 0 saturated carbocycles. The van der Waals surface area contributed by atoms with Gasteiger partial charge in [-0.15, -0.1) is 11.3 Å². The Balaban J connectivity index is 1.52. The number of carbonyl (C=O) groups is 2. The largest absolute Gasteiger partial charge is 0.487 e. The summed E-state index contributed by atoms with van der Waals surface area (Å²) < 4.78 is 10.9. The van der Waals surface area contributed by atoms with E-state index in [0.29, 0.717) is 23.6 Å². The molecule has 6 nitrogen and oxygen atoms in total. The third-order valence-corrected chi connectivity index (χ3v) is 4.90. The molecule has 150 valence electrons. The van der Waals surface area contributed by atoms with Crippen LogP contribution in [0.3, 0.4) is 0 Å². The molecule has 0 spiro atoms. The van der Waals surface area contributed by atoms with Crippen LogP contribution in [0.5, 0.6) is 5.75 Å². The molecule has 1 N–H and O–H groups in total. The van der Waals surface area contributed by atoms with Crippen LogP contribution in [0.2, 0.25) is 0 Å². The summed E-state index contributed by atoms with van der Waals surface area (Å²) in [5, 5.41) is 5.68. The van der Waals surface area contributed by atoms with Gasteiger partial charge in [0.2, 0.25) is 0 Å². The molecule has 1 aromatic heterocycles. The fourth-order valence-corrected chi connectivity index (χ4v) is 3.17. The van der Waals surface area contributed by atoms with Gasteiger partial charge in [-0.25, -0.2) is 9.78 Å². The summed E-state index contributed by atoms with van der Waals surface area (Å²) in [6, 6.07) is 14.0. The van der Waals surface area contributed by atoms with Crippen LogP contribution in [0.4, 0.5) is 5.69 Å². The number of rotatable bonds is 7. The van der Waals surface area contributed by atoms with Crippen molar-refractivity contribution in [2.45, 2.75) is 33.5 Å². The lowest BCUT2D eigenvalue weighted by atomic mass is 10.2. The lowest BCUT2D eigenvalue weighted by molar-refractivity contribution is -0.123. The van der Waals surface area contributed by atoms with Crippen molar-refractivity contribution in [3.63, 3.8) is 0 Å². The van der Waals surface area contributed by atoms with Crippen molar-refractivity contribution < 1.29 is 19.1 Å². The average molecular weight is 410 g/mol. The molecule has 0 fully saturated rings. The highest BCUT2D eigenvalue weighted by Gasteiger charge is 2.19. The normalized spacial score (nSPS) is 11.6. The summed E-state index contributed by atoms with van der Waals surface area (Å²) >= 11 is 1.57. The van der Waals surface area contributed by atoms with E-state index < -0.39 is 12.1 Å². The Hall–Kier alpha value is -3.19. The smallest absolute Gasteiger partial charge is 0.338 e. The minimum absolute atomic E-state index is 0.344. The van der Waals surface area contributed by atoms with Crippen molar-refractivity contribution in [1.29, 1.82) is 0 Å². The number of nitrogens with zero attached hydrogens (tertiary/aromatic N) is 1. The minimum Gasteiger partial charge on any atom is -0.487 e. The molecular weight excluding hydrogens is 388 g/mol. The van der Waals surface area contributed by atoms with E-state index in [9.17, 15) is 9.59 Å². The molecule has 0 bridgehead atoms. The van der Waals surface area contributed by atoms with Gasteiger partial charge in [0, 0.05) is 11.1 Å². The highest BCUT2D eigenvalue weighted by molar-refractivity contribution is 7.09. The molecule has 1 amide bonds. The molecule has 1 atom stereocenters. The zero-order valence-electron chi connectivity index (χ0n) is 16.5. The monoisotopic (exact) mass is 410 g/mol. The Morgan fingerprint density at radius 3 is 2.55 bits per heavy atom. The van der Waals surface area contributed by atoms with Gasteiger partial charge < -0.3 is 14.8 Å². The van der Waals surface area contributed by atoms with E-state index in [1.165, 1.54) is 6.92 Å². The van der Waals surface area contributed by atoms with Crippen molar-refractivity contribution in [2.24, 2.45) is 0 Å². The fourth-order valence-electron chi connectivity index (χ4n) is 2.57. The zero-order valence-corrected chi connectivity index (χ0v) is 17.3. The number of hydrogen-bond acceptors (Lipinski definition) is 6. The lowest BCUT2D eigenvalue weighted by Crippen LogP contribution is -2.30. The van der Waals surface area contributed by atoms with Gasteiger partial charge in [-0.2, -0.15) is 0 Å². The molecule has 3 rings (SSSR count). The number of thiazole rings is 1. The average Bonchev–Trinajstić information content (AvgIpc) is 3.12. The molecule has 0 unspecified atom stereocenters. The second kappa shape index (κ2) is 9.34. The van der Waals surface area contributed by atoms with Crippen LogP contribution in [0.25, 0.3) is 0 Å². The Labute approximate surface area is 173 Å². The molecule has 0 aliphatic heterocycles. The minimum atomic E-state index is -0.924. The van der Waals surface area contributed by atoms with Gasteiger partial charge in [-0.05, 0) is 62.7 Å². The van der Waals surface area contributed by atoms with Crippen molar-refractivity contribution in [3.05, 3.63) is 75.7 Å². The SMILES string of the molecule is Cc1cccc(NC(=O)[C@@H](C)OC(=O)c2ccc(OCc3csc(C)n3)cc2)c1. The molecule has 7 heteroatoms. The highest BCUT2D eigenvalue weighted by atomic mass is 32.1. The van der Waals surface area contributed by atoms with Gasteiger partial charge in [0.05, 0.1) is 16.3 Å². The first-order chi connectivity index (χ1) is 13.9. The predicted molar refractivity (Wildman–Crippen MR) is 112 cm³/mol. The van der Waals surface area contributed by atoms with Crippen molar-refractivity contribution in [3.8, 4) is 5.75 Å². The molecule has 0 aliphatic rings. The zero-order chi connectivity index (χ0) is 20.8. The number of nitrogens with one attached hydrogen (secondary N) is 1. The number of carbonyl (C=O) groups excluding carboxylic acids is 2. The number of amides is 1. The molecule has 2 aromatic carbocycles. The van der Waals surface area contributed by atoms with Crippen LogP contribution in [-0.4, -0.2) is 23.0 Å². The van der Waals surface area contributed by atoms with E-state index in [2.05, 4.69) is 10.3 Å². The third-order valence-electron chi connectivity index (χ3n) is 4.08. The molecule has 0 aliphatic carbocycles. The van der Waals surface area contributed by atoms with Crippen LogP contribution < -0.4 is 10.1 Å². The van der Waals surface area contributed by atoms with E-state index in [-0.39, 0.29) is 5.91 Å². The molecule has 1 heterocycles. The summed E-state index contributed by atoms with van der Waals surface area (Å²) in [7, 11) is 0. The van der Waals surface area contributed by atoms with Crippen LogP contribution in [0.15, 0.2) is 53.9 Å². The van der Waals surface area contributed by atoms with Gasteiger partial charge in [0.1, 0.15) is 12.4 Å². The quantitative estimate of drug-likeness (QED) is 0.580. The highest BCUT2D eigenvalue weighted by Crippen LogP contribution is 2.17. The van der Waals surface area contributed by atoms with E-state index in [1.807, 2.05) is 37.4 Å². The van der Waals surface area contributed by atoms with Crippen LogP contribution in [-0.2, 0) is 16.1 Å². The number of esters is 1. The molecule has 0 radical (unpaired) electrons. The van der Waals surface area contributed by atoms with Crippen molar-refractivity contribution in [2.75, 3.05) is 5.32 Å². The molecular formula is C22H22N2O4S. The first-order valence-corrected chi connectivity index (χ1v) is 10.0. The number of benzene rings is 2. The van der Waals surface area contributed by atoms with Gasteiger partial charge in [-0.1, -0.05) is 12.1 Å². The summed E-state index contributed by atoms with van der Waals surface area (Å²) in [6.45, 7) is 5.78.